The Morgan fingerprint density at radius 3 is 2.79 bits per heavy atom. The van der Waals surface area contributed by atoms with Crippen molar-refractivity contribution in [3.63, 3.8) is 0 Å². The Kier molecular flexibility index (Phi) is 7.54. The Hall–Kier alpha value is -4.39. The first kappa shape index (κ1) is 25.3. The van der Waals surface area contributed by atoms with Crippen LogP contribution in [-0.2, 0) is 24.4 Å². The van der Waals surface area contributed by atoms with Crippen LogP contribution in [-0.4, -0.2) is 28.2 Å². The number of benzene rings is 2. The van der Waals surface area contributed by atoms with E-state index in [2.05, 4.69) is 41.5 Å². The van der Waals surface area contributed by atoms with E-state index in [1.807, 2.05) is 42.2 Å². The number of rotatable bonds is 8. The van der Waals surface area contributed by atoms with Gasteiger partial charge in [-0.1, -0.05) is 48.9 Å². The molecular weight excluding hydrogens is 478 g/mol. The van der Waals surface area contributed by atoms with Crippen molar-refractivity contribution in [2.45, 2.75) is 45.9 Å². The molecule has 0 unspecified atom stereocenters. The van der Waals surface area contributed by atoms with E-state index >= 15 is 0 Å². The standard InChI is InChI=1S/C31H31N3O4/c1-3-29(35)34-15-13-23-9-10-25(17-27(23)30(34)24-8-4-6-21(2)16-24)37-20-26-11-12-28(38-26)31(36)33-19-22-7-5-14-32-18-22/h4-12,14,16-18,30H,3,13,15,19-20H2,1-2H3,(H,33,36)/t30-/m1/s1. The third kappa shape index (κ3) is 5.62. The molecule has 194 valence electrons. The summed E-state index contributed by atoms with van der Waals surface area (Å²) >= 11 is 0. The van der Waals surface area contributed by atoms with E-state index in [1.54, 1.807) is 24.5 Å². The van der Waals surface area contributed by atoms with Crippen molar-refractivity contribution in [2.75, 3.05) is 6.54 Å². The highest BCUT2D eigenvalue weighted by molar-refractivity contribution is 5.91. The fraction of sp³-hybridized carbons (Fsp3) is 0.258. The van der Waals surface area contributed by atoms with Crippen LogP contribution in [0.5, 0.6) is 5.75 Å². The van der Waals surface area contributed by atoms with Gasteiger partial charge in [-0.15, -0.1) is 0 Å². The maximum absolute atomic E-state index is 12.9. The monoisotopic (exact) mass is 509 g/mol. The average molecular weight is 510 g/mol. The van der Waals surface area contributed by atoms with Crippen LogP contribution in [0.15, 0.2) is 83.5 Å². The van der Waals surface area contributed by atoms with Crippen LogP contribution in [0.2, 0.25) is 0 Å². The lowest BCUT2D eigenvalue weighted by molar-refractivity contribution is -0.132. The number of carbonyl (C=O) groups excluding carboxylic acids is 2. The molecule has 1 aliphatic rings. The molecule has 0 saturated carbocycles. The summed E-state index contributed by atoms with van der Waals surface area (Å²) in [6.45, 7) is 5.21. The van der Waals surface area contributed by atoms with Crippen LogP contribution in [0.1, 0.15) is 63.5 Å². The van der Waals surface area contributed by atoms with Gasteiger partial charge in [0.25, 0.3) is 5.91 Å². The summed E-state index contributed by atoms with van der Waals surface area (Å²) in [5.74, 6) is 1.30. The Labute approximate surface area is 222 Å². The van der Waals surface area contributed by atoms with Gasteiger partial charge in [-0.25, -0.2) is 0 Å². The molecule has 0 spiro atoms. The molecule has 3 heterocycles. The molecule has 4 aromatic rings. The quantitative estimate of drug-likeness (QED) is 0.345. The second-order valence-electron chi connectivity index (χ2n) is 9.47. The number of fused-ring (bicyclic) bond motifs is 1. The zero-order chi connectivity index (χ0) is 26.5. The third-order valence-electron chi connectivity index (χ3n) is 6.77. The first-order valence-corrected chi connectivity index (χ1v) is 12.9. The lowest BCUT2D eigenvalue weighted by Gasteiger charge is -2.38. The van der Waals surface area contributed by atoms with Gasteiger partial charge in [0.1, 0.15) is 18.1 Å². The summed E-state index contributed by atoms with van der Waals surface area (Å²) in [5.41, 5.74) is 5.46. The van der Waals surface area contributed by atoms with E-state index in [0.29, 0.717) is 31.0 Å². The fourth-order valence-corrected chi connectivity index (χ4v) is 4.86. The minimum atomic E-state index is -0.296. The number of aryl methyl sites for hydroxylation is 1. The number of pyridine rings is 1. The number of nitrogens with zero attached hydrogens (tertiary/aromatic N) is 2. The van der Waals surface area contributed by atoms with E-state index < -0.39 is 0 Å². The molecule has 1 N–H and O–H groups in total. The molecule has 5 rings (SSSR count). The normalized spacial score (nSPS) is 14.6. The highest BCUT2D eigenvalue weighted by Crippen LogP contribution is 2.38. The van der Waals surface area contributed by atoms with Crippen molar-refractivity contribution in [1.29, 1.82) is 0 Å². The summed E-state index contributed by atoms with van der Waals surface area (Å²) in [7, 11) is 0. The average Bonchev–Trinajstić information content (AvgIpc) is 3.43. The Balaban J connectivity index is 1.30. The van der Waals surface area contributed by atoms with Gasteiger partial charge in [0.05, 0.1) is 6.04 Å². The second-order valence-corrected chi connectivity index (χ2v) is 9.47. The molecule has 7 nitrogen and oxygen atoms in total. The summed E-state index contributed by atoms with van der Waals surface area (Å²) in [5, 5.41) is 2.83. The molecule has 1 atom stereocenters. The van der Waals surface area contributed by atoms with Crippen LogP contribution in [0, 0.1) is 6.92 Å². The Bertz CT molecular complexity index is 1430. The number of hydrogen-bond donors (Lipinski definition) is 1. The number of aromatic nitrogens is 1. The molecule has 0 saturated heterocycles. The first-order valence-electron chi connectivity index (χ1n) is 12.9. The van der Waals surface area contributed by atoms with Crippen LogP contribution in [0.4, 0.5) is 0 Å². The number of nitrogens with one attached hydrogen (secondary N) is 1. The molecule has 0 fully saturated rings. The molecule has 0 bridgehead atoms. The molecule has 7 heteroatoms. The number of ether oxygens (including phenoxy) is 1. The van der Waals surface area contributed by atoms with Crippen LogP contribution in [0.25, 0.3) is 0 Å². The third-order valence-corrected chi connectivity index (χ3v) is 6.77. The molecule has 2 amide bonds. The summed E-state index contributed by atoms with van der Waals surface area (Å²) in [6, 6.07) is 21.4. The van der Waals surface area contributed by atoms with Crippen LogP contribution in [0.3, 0.4) is 0 Å². The van der Waals surface area contributed by atoms with E-state index in [0.717, 1.165) is 28.7 Å². The van der Waals surface area contributed by atoms with E-state index in [-0.39, 0.29) is 30.2 Å². The second kappa shape index (κ2) is 11.3. The minimum absolute atomic E-state index is 0.137. The number of furan rings is 1. The van der Waals surface area contributed by atoms with Gasteiger partial charge in [0, 0.05) is 31.9 Å². The zero-order valence-electron chi connectivity index (χ0n) is 21.6. The number of amides is 2. The van der Waals surface area contributed by atoms with Crippen molar-refractivity contribution in [3.05, 3.63) is 118 Å². The smallest absolute Gasteiger partial charge is 0.287 e. The highest BCUT2D eigenvalue weighted by atomic mass is 16.5. The van der Waals surface area contributed by atoms with E-state index in [1.165, 1.54) is 5.56 Å². The van der Waals surface area contributed by atoms with Crippen molar-refractivity contribution in [1.82, 2.24) is 15.2 Å². The number of hydrogen-bond acceptors (Lipinski definition) is 5. The zero-order valence-corrected chi connectivity index (χ0v) is 21.6. The summed E-state index contributed by atoms with van der Waals surface area (Å²) in [4.78, 5) is 31.4. The van der Waals surface area contributed by atoms with E-state index in [9.17, 15) is 9.59 Å². The van der Waals surface area contributed by atoms with Gasteiger partial charge in [-0.05, 0) is 65.9 Å². The largest absolute Gasteiger partial charge is 0.486 e. The maximum Gasteiger partial charge on any atom is 0.287 e. The van der Waals surface area contributed by atoms with Gasteiger partial charge in [-0.3, -0.25) is 14.6 Å². The van der Waals surface area contributed by atoms with Gasteiger partial charge >= 0.3 is 0 Å². The predicted molar refractivity (Wildman–Crippen MR) is 144 cm³/mol. The van der Waals surface area contributed by atoms with Crippen molar-refractivity contribution >= 4 is 11.8 Å². The lowest BCUT2D eigenvalue weighted by Crippen LogP contribution is -2.40. The number of carbonyl (C=O) groups is 2. The molecule has 2 aromatic carbocycles. The van der Waals surface area contributed by atoms with Gasteiger partial charge in [0.2, 0.25) is 5.91 Å². The molecule has 38 heavy (non-hydrogen) atoms. The maximum atomic E-state index is 12.9. The van der Waals surface area contributed by atoms with Crippen molar-refractivity contribution in [2.24, 2.45) is 0 Å². The minimum Gasteiger partial charge on any atom is -0.486 e. The topological polar surface area (TPSA) is 84.7 Å². The molecule has 1 aliphatic heterocycles. The SMILES string of the molecule is CCC(=O)N1CCc2ccc(OCc3ccc(C(=O)NCc4cccnc4)o3)cc2[C@H]1c1cccc(C)c1. The fourth-order valence-electron chi connectivity index (χ4n) is 4.86. The Morgan fingerprint density at radius 2 is 2.00 bits per heavy atom. The highest BCUT2D eigenvalue weighted by Gasteiger charge is 2.31. The molecule has 2 aromatic heterocycles. The van der Waals surface area contributed by atoms with Gasteiger partial charge in [0.15, 0.2) is 5.76 Å². The van der Waals surface area contributed by atoms with E-state index in [4.69, 9.17) is 9.15 Å². The van der Waals surface area contributed by atoms with Crippen molar-refractivity contribution < 1.29 is 18.7 Å². The van der Waals surface area contributed by atoms with Crippen LogP contribution < -0.4 is 10.1 Å². The predicted octanol–water partition coefficient (Wildman–Crippen LogP) is 5.38. The summed E-state index contributed by atoms with van der Waals surface area (Å²) < 4.78 is 11.8. The molecular formula is C31H31N3O4. The molecule has 0 radical (unpaired) electrons. The van der Waals surface area contributed by atoms with Gasteiger partial charge in [-0.2, -0.15) is 0 Å². The first-order chi connectivity index (χ1) is 18.5. The molecule has 0 aliphatic carbocycles. The van der Waals surface area contributed by atoms with Crippen molar-refractivity contribution in [3.8, 4) is 5.75 Å². The Morgan fingerprint density at radius 1 is 1.11 bits per heavy atom. The summed E-state index contributed by atoms with van der Waals surface area (Å²) in [6.07, 6.45) is 4.67. The van der Waals surface area contributed by atoms with Gasteiger partial charge < -0.3 is 19.4 Å². The van der Waals surface area contributed by atoms with Crippen LogP contribution >= 0.6 is 0 Å². The lowest BCUT2D eigenvalue weighted by atomic mass is 9.87.